The van der Waals surface area contributed by atoms with Gasteiger partial charge in [-0.1, -0.05) is 88.5 Å². The van der Waals surface area contributed by atoms with Crippen molar-refractivity contribution in [1.82, 2.24) is 0 Å². The molecule has 0 aromatic carbocycles. The summed E-state index contributed by atoms with van der Waals surface area (Å²) in [7, 11) is 0. The van der Waals surface area contributed by atoms with Crippen molar-refractivity contribution in [2.24, 2.45) is 0 Å². The lowest BCUT2D eigenvalue weighted by atomic mass is 10.0. The number of unbranched alkanes of at least 4 members (excludes halogenated alkanes) is 13. The standard InChI is InChI=1S/C24H46O2/c1-2-3-4-5-6-7-8-9-10-11-12-13-14-15-16-17-18-19-24(20-22-25)21-23-26/h9-10,19,25-26H,2-8,11-18,20-23H2,1H3. The first-order valence-electron chi connectivity index (χ1n) is 11.4. The minimum atomic E-state index is 0.194. The summed E-state index contributed by atoms with van der Waals surface area (Å²) in [4.78, 5) is 0. The first-order valence-corrected chi connectivity index (χ1v) is 11.4. The zero-order valence-corrected chi connectivity index (χ0v) is 17.6. The summed E-state index contributed by atoms with van der Waals surface area (Å²) in [5, 5.41) is 18.0. The van der Waals surface area contributed by atoms with Gasteiger partial charge in [0.2, 0.25) is 0 Å². The predicted molar refractivity (Wildman–Crippen MR) is 116 cm³/mol. The van der Waals surface area contributed by atoms with Gasteiger partial charge in [-0.2, -0.15) is 0 Å². The minimum absolute atomic E-state index is 0.194. The van der Waals surface area contributed by atoms with E-state index in [0.717, 1.165) is 6.42 Å². The highest BCUT2D eigenvalue weighted by Crippen LogP contribution is 2.13. The molecule has 0 radical (unpaired) electrons. The number of allylic oxidation sites excluding steroid dienone is 3. The molecule has 0 atom stereocenters. The Kier molecular flexibility index (Phi) is 21.9. The maximum atomic E-state index is 8.98. The van der Waals surface area contributed by atoms with Gasteiger partial charge in [0, 0.05) is 13.2 Å². The molecule has 26 heavy (non-hydrogen) atoms. The van der Waals surface area contributed by atoms with Gasteiger partial charge in [0.05, 0.1) is 0 Å². The fourth-order valence-corrected chi connectivity index (χ4v) is 3.31. The summed E-state index contributed by atoms with van der Waals surface area (Å²) in [6.07, 6.45) is 28.3. The van der Waals surface area contributed by atoms with Crippen LogP contribution in [0, 0.1) is 0 Å². The maximum absolute atomic E-state index is 8.98. The molecule has 0 amide bonds. The zero-order chi connectivity index (χ0) is 19.1. The Labute approximate surface area is 163 Å². The summed E-state index contributed by atoms with van der Waals surface area (Å²) in [5.41, 5.74) is 1.21. The van der Waals surface area contributed by atoms with Crippen LogP contribution in [-0.2, 0) is 0 Å². The smallest absolute Gasteiger partial charge is 0.0468 e. The quantitative estimate of drug-likeness (QED) is 0.178. The monoisotopic (exact) mass is 366 g/mol. The van der Waals surface area contributed by atoms with E-state index in [0.29, 0.717) is 12.8 Å². The van der Waals surface area contributed by atoms with E-state index in [1.54, 1.807) is 0 Å². The number of rotatable bonds is 20. The summed E-state index contributed by atoms with van der Waals surface area (Å²) in [6.45, 7) is 2.66. The first-order chi connectivity index (χ1) is 12.8. The molecule has 0 aliphatic heterocycles. The zero-order valence-electron chi connectivity index (χ0n) is 17.6. The lowest BCUT2D eigenvalue weighted by Gasteiger charge is -2.04. The predicted octanol–water partition coefficient (Wildman–Crippen LogP) is 7.11. The molecular weight excluding hydrogens is 320 g/mol. The molecule has 0 saturated carbocycles. The summed E-state index contributed by atoms with van der Waals surface area (Å²) in [5.74, 6) is 0. The Morgan fingerprint density at radius 1 is 0.577 bits per heavy atom. The Hall–Kier alpha value is -0.600. The molecule has 0 saturated heterocycles. The molecule has 2 nitrogen and oxygen atoms in total. The average Bonchev–Trinajstić information content (AvgIpc) is 2.64. The van der Waals surface area contributed by atoms with Gasteiger partial charge < -0.3 is 10.2 Å². The van der Waals surface area contributed by atoms with E-state index in [4.69, 9.17) is 10.2 Å². The van der Waals surface area contributed by atoms with Gasteiger partial charge in [0.15, 0.2) is 0 Å². The van der Waals surface area contributed by atoms with Gasteiger partial charge in [-0.15, -0.1) is 0 Å². The molecule has 0 unspecified atom stereocenters. The molecule has 0 aliphatic carbocycles. The van der Waals surface area contributed by atoms with Crippen molar-refractivity contribution in [3.8, 4) is 0 Å². The van der Waals surface area contributed by atoms with Gasteiger partial charge in [-0.25, -0.2) is 0 Å². The van der Waals surface area contributed by atoms with Gasteiger partial charge in [-0.3, -0.25) is 0 Å². The van der Waals surface area contributed by atoms with Crippen molar-refractivity contribution in [3.63, 3.8) is 0 Å². The topological polar surface area (TPSA) is 40.5 Å². The molecule has 154 valence electrons. The lowest BCUT2D eigenvalue weighted by molar-refractivity contribution is 0.280. The Morgan fingerprint density at radius 3 is 1.46 bits per heavy atom. The van der Waals surface area contributed by atoms with Crippen LogP contribution in [-0.4, -0.2) is 23.4 Å². The molecule has 0 bridgehead atoms. The molecule has 0 aromatic heterocycles. The molecular formula is C24H46O2. The van der Waals surface area contributed by atoms with E-state index >= 15 is 0 Å². The third-order valence-electron chi connectivity index (χ3n) is 5.01. The van der Waals surface area contributed by atoms with E-state index in [1.807, 2.05) is 0 Å². The Balaban J connectivity index is 3.30. The summed E-state index contributed by atoms with van der Waals surface area (Å²) < 4.78 is 0. The molecule has 0 aromatic rings. The normalized spacial score (nSPS) is 11.3. The van der Waals surface area contributed by atoms with E-state index in [1.165, 1.54) is 95.5 Å². The van der Waals surface area contributed by atoms with Crippen LogP contribution in [0.3, 0.4) is 0 Å². The van der Waals surface area contributed by atoms with E-state index in [9.17, 15) is 0 Å². The van der Waals surface area contributed by atoms with Gasteiger partial charge >= 0.3 is 0 Å². The number of hydrogen-bond donors (Lipinski definition) is 2. The highest BCUT2D eigenvalue weighted by atomic mass is 16.3. The van der Waals surface area contributed by atoms with Crippen LogP contribution in [0.5, 0.6) is 0 Å². The summed E-state index contributed by atoms with van der Waals surface area (Å²) >= 11 is 0. The second-order valence-electron chi connectivity index (χ2n) is 7.54. The van der Waals surface area contributed by atoms with Gasteiger partial charge in [0.25, 0.3) is 0 Å². The third-order valence-corrected chi connectivity index (χ3v) is 5.01. The second kappa shape index (κ2) is 22.4. The molecule has 0 heterocycles. The molecule has 2 N–H and O–H groups in total. The van der Waals surface area contributed by atoms with Crippen LogP contribution < -0.4 is 0 Å². The highest BCUT2D eigenvalue weighted by Gasteiger charge is 1.96. The minimum Gasteiger partial charge on any atom is -0.396 e. The highest BCUT2D eigenvalue weighted by molar-refractivity contribution is 5.01. The first kappa shape index (κ1) is 25.4. The van der Waals surface area contributed by atoms with Crippen LogP contribution in [0.25, 0.3) is 0 Å². The average molecular weight is 367 g/mol. The summed E-state index contributed by atoms with van der Waals surface area (Å²) in [6, 6.07) is 0. The van der Waals surface area contributed by atoms with E-state index in [-0.39, 0.29) is 13.2 Å². The van der Waals surface area contributed by atoms with E-state index < -0.39 is 0 Å². The van der Waals surface area contributed by atoms with Crippen LogP contribution in [0.1, 0.15) is 116 Å². The largest absolute Gasteiger partial charge is 0.396 e. The number of aliphatic hydroxyl groups is 2. The van der Waals surface area contributed by atoms with Crippen molar-refractivity contribution >= 4 is 0 Å². The molecule has 0 aliphatic rings. The van der Waals surface area contributed by atoms with Crippen LogP contribution in [0.4, 0.5) is 0 Å². The SMILES string of the molecule is CCCCCCCCC=CCCCCCCCCC=C(CCO)CCO. The Bertz CT molecular complexity index is 312. The lowest BCUT2D eigenvalue weighted by Crippen LogP contribution is -1.93. The van der Waals surface area contributed by atoms with Gasteiger partial charge in [0.1, 0.15) is 0 Å². The number of aliphatic hydroxyl groups excluding tert-OH is 2. The molecule has 0 spiro atoms. The molecule has 2 heteroatoms. The third kappa shape index (κ3) is 19.7. The van der Waals surface area contributed by atoms with Crippen molar-refractivity contribution in [3.05, 3.63) is 23.8 Å². The second-order valence-corrected chi connectivity index (χ2v) is 7.54. The van der Waals surface area contributed by atoms with Gasteiger partial charge in [-0.05, 0) is 51.4 Å². The fraction of sp³-hybridized carbons (Fsp3) is 0.833. The van der Waals surface area contributed by atoms with Crippen LogP contribution in [0.15, 0.2) is 23.8 Å². The Morgan fingerprint density at radius 2 is 1.00 bits per heavy atom. The van der Waals surface area contributed by atoms with Crippen molar-refractivity contribution < 1.29 is 10.2 Å². The fourth-order valence-electron chi connectivity index (χ4n) is 3.31. The van der Waals surface area contributed by atoms with Crippen molar-refractivity contribution in [2.45, 2.75) is 116 Å². The van der Waals surface area contributed by atoms with Crippen molar-refractivity contribution in [2.75, 3.05) is 13.2 Å². The van der Waals surface area contributed by atoms with Crippen LogP contribution >= 0.6 is 0 Å². The maximum Gasteiger partial charge on any atom is 0.0468 e. The molecule has 0 fully saturated rings. The van der Waals surface area contributed by atoms with Crippen LogP contribution in [0.2, 0.25) is 0 Å². The van der Waals surface area contributed by atoms with E-state index in [2.05, 4.69) is 25.2 Å². The number of hydrogen-bond acceptors (Lipinski definition) is 2. The van der Waals surface area contributed by atoms with Crippen molar-refractivity contribution in [1.29, 1.82) is 0 Å². The molecule has 0 rings (SSSR count).